The van der Waals surface area contributed by atoms with Crippen molar-refractivity contribution >= 4 is 28.6 Å². The smallest absolute Gasteiger partial charge is 0.295 e. The second kappa shape index (κ2) is 4.98. The van der Waals surface area contributed by atoms with Gasteiger partial charge in [0, 0.05) is 12.2 Å². The van der Waals surface area contributed by atoms with Gasteiger partial charge >= 0.3 is 5.69 Å². The third-order valence-electron chi connectivity index (χ3n) is 2.07. The molecule has 0 saturated heterocycles. The van der Waals surface area contributed by atoms with E-state index in [1.807, 2.05) is 13.8 Å². The number of halogens is 1. The molecule has 0 atom stereocenters. The van der Waals surface area contributed by atoms with Crippen LogP contribution in [0, 0.1) is 13.8 Å². The summed E-state index contributed by atoms with van der Waals surface area (Å²) in [5.41, 5.74) is 1.50. The van der Waals surface area contributed by atoms with Crippen LogP contribution in [0.5, 0.6) is 0 Å². The molecule has 0 aliphatic rings. The van der Waals surface area contributed by atoms with Crippen LogP contribution >= 0.6 is 28.6 Å². The first-order valence-electron chi connectivity index (χ1n) is 4.42. The average molecular weight is 277 g/mol. The lowest BCUT2D eigenvalue weighted by Crippen LogP contribution is -2.26. The van der Waals surface area contributed by atoms with Crippen molar-refractivity contribution in [2.75, 3.05) is 5.75 Å². The fourth-order valence-electron chi connectivity index (χ4n) is 1.27. The topological polar surface area (TPSA) is 34.9 Å². The van der Waals surface area contributed by atoms with E-state index in [-0.39, 0.29) is 5.69 Å². The molecule has 14 heavy (non-hydrogen) atoms. The minimum atomic E-state index is -0.176. The van der Waals surface area contributed by atoms with Crippen LogP contribution in [0.4, 0.5) is 0 Å². The Labute approximate surface area is 97.1 Å². The summed E-state index contributed by atoms with van der Waals surface area (Å²) in [7, 11) is 0. The van der Waals surface area contributed by atoms with Gasteiger partial charge in [0.2, 0.25) is 0 Å². The Balaban J connectivity index is 3.16. The Kier molecular flexibility index (Phi) is 4.19. The highest BCUT2D eigenvalue weighted by Gasteiger charge is 2.07. The second-order valence-corrected chi connectivity index (χ2v) is 4.35. The standard InChI is InChI=1S/C9H13BrN2OS/c1-6-8(10)7(2)12(4-3-5-14)9(13)11-6/h14H,3-5H2,1-2H3. The molecule has 0 amide bonds. The van der Waals surface area contributed by atoms with Crippen molar-refractivity contribution in [3.63, 3.8) is 0 Å². The van der Waals surface area contributed by atoms with E-state index >= 15 is 0 Å². The maximum absolute atomic E-state index is 11.5. The largest absolute Gasteiger partial charge is 0.348 e. The van der Waals surface area contributed by atoms with Crippen LogP contribution in [0.3, 0.4) is 0 Å². The SMILES string of the molecule is Cc1nc(=O)n(CCCS)c(C)c1Br. The third-order valence-corrected chi connectivity index (χ3v) is 3.54. The Morgan fingerprint density at radius 3 is 2.71 bits per heavy atom. The van der Waals surface area contributed by atoms with Gasteiger partial charge in [-0.1, -0.05) is 0 Å². The molecule has 0 aliphatic heterocycles. The number of hydrogen-bond acceptors (Lipinski definition) is 3. The summed E-state index contributed by atoms with van der Waals surface area (Å²) in [4.78, 5) is 15.4. The molecule has 1 aromatic rings. The molecule has 78 valence electrons. The predicted molar refractivity (Wildman–Crippen MR) is 64.1 cm³/mol. The molecule has 1 aromatic heterocycles. The van der Waals surface area contributed by atoms with Gasteiger partial charge in [-0.2, -0.15) is 17.6 Å². The lowest BCUT2D eigenvalue weighted by atomic mass is 10.3. The number of aryl methyl sites for hydroxylation is 1. The van der Waals surface area contributed by atoms with Gasteiger partial charge < -0.3 is 0 Å². The van der Waals surface area contributed by atoms with Gasteiger partial charge in [-0.15, -0.1) is 0 Å². The molecule has 0 bridgehead atoms. The van der Waals surface area contributed by atoms with E-state index in [1.54, 1.807) is 4.57 Å². The van der Waals surface area contributed by atoms with E-state index in [0.29, 0.717) is 6.54 Å². The molecule has 0 N–H and O–H groups in total. The Bertz CT molecular complexity index is 389. The molecule has 0 aromatic carbocycles. The van der Waals surface area contributed by atoms with E-state index in [9.17, 15) is 4.79 Å². The van der Waals surface area contributed by atoms with E-state index < -0.39 is 0 Å². The Morgan fingerprint density at radius 2 is 2.14 bits per heavy atom. The molecule has 0 fully saturated rings. The normalized spacial score (nSPS) is 10.6. The summed E-state index contributed by atoms with van der Waals surface area (Å²) in [6, 6.07) is 0. The maximum atomic E-state index is 11.5. The minimum absolute atomic E-state index is 0.176. The van der Waals surface area contributed by atoms with Crippen molar-refractivity contribution < 1.29 is 0 Å². The second-order valence-electron chi connectivity index (χ2n) is 3.11. The molecule has 0 saturated carbocycles. The van der Waals surface area contributed by atoms with E-state index in [1.165, 1.54) is 0 Å². The van der Waals surface area contributed by atoms with Gasteiger partial charge in [0.05, 0.1) is 10.2 Å². The molecule has 0 unspecified atom stereocenters. The number of rotatable bonds is 3. The zero-order chi connectivity index (χ0) is 10.7. The summed E-state index contributed by atoms with van der Waals surface area (Å²) < 4.78 is 2.59. The van der Waals surface area contributed by atoms with Crippen molar-refractivity contribution in [2.24, 2.45) is 0 Å². The van der Waals surface area contributed by atoms with Crippen molar-refractivity contribution in [2.45, 2.75) is 26.8 Å². The van der Waals surface area contributed by atoms with Gasteiger partial charge in [0.15, 0.2) is 0 Å². The van der Waals surface area contributed by atoms with Crippen LogP contribution in [-0.4, -0.2) is 15.3 Å². The first kappa shape index (κ1) is 11.8. The highest BCUT2D eigenvalue weighted by Crippen LogP contribution is 2.16. The van der Waals surface area contributed by atoms with Crippen molar-refractivity contribution in [3.05, 3.63) is 26.3 Å². The molecule has 1 rings (SSSR count). The average Bonchev–Trinajstić information content (AvgIpc) is 2.14. The van der Waals surface area contributed by atoms with Crippen molar-refractivity contribution in [3.8, 4) is 0 Å². The molecule has 1 heterocycles. The van der Waals surface area contributed by atoms with E-state index in [4.69, 9.17) is 0 Å². The number of thiol groups is 1. The third kappa shape index (κ3) is 2.39. The van der Waals surface area contributed by atoms with E-state index in [0.717, 1.165) is 28.0 Å². The van der Waals surface area contributed by atoms with Gasteiger partial charge in [0.1, 0.15) is 0 Å². The molecule has 5 heteroatoms. The summed E-state index contributed by atoms with van der Waals surface area (Å²) in [5.74, 6) is 0.775. The van der Waals surface area contributed by atoms with Crippen molar-refractivity contribution in [1.82, 2.24) is 9.55 Å². The van der Waals surface area contributed by atoms with E-state index in [2.05, 4.69) is 33.5 Å². The molecule has 0 radical (unpaired) electrons. The number of nitrogens with zero attached hydrogens (tertiary/aromatic N) is 2. The first-order valence-corrected chi connectivity index (χ1v) is 5.85. The highest BCUT2D eigenvalue weighted by atomic mass is 79.9. The zero-order valence-electron chi connectivity index (χ0n) is 8.25. The zero-order valence-corrected chi connectivity index (χ0v) is 10.7. The van der Waals surface area contributed by atoms with Crippen LogP contribution in [0.2, 0.25) is 0 Å². The monoisotopic (exact) mass is 276 g/mol. The molecular formula is C9H13BrN2OS. The van der Waals surface area contributed by atoms with Crippen molar-refractivity contribution in [1.29, 1.82) is 0 Å². The molecular weight excluding hydrogens is 264 g/mol. The van der Waals surface area contributed by atoms with Gasteiger partial charge in [-0.3, -0.25) is 4.57 Å². The van der Waals surface area contributed by atoms with Gasteiger partial charge in [-0.25, -0.2) is 4.79 Å². The van der Waals surface area contributed by atoms with Crippen LogP contribution in [0.15, 0.2) is 9.27 Å². The minimum Gasteiger partial charge on any atom is -0.295 e. The van der Waals surface area contributed by atoms with Gasteiger partial charge in [-0.05, 0) is 42.0 Å². The summed E-state index contributed by atoms with van der Waals surface area (Å²) in [5, 5.41) is 0. The van der Waals surface area contributed by atoms with Crippen LogP contribution in [0.25, 0.3) is 0 Å². The maximum Gasteiger partial charge on any atom is 0.348 e. The molecule has 0 spiro atoms. The van der Waals surface area contributed by atoms with Gasteiger partial charge in [0.25, 0.3) is 0 Å². The lowest BCUT2D eigenvalue weighted by Gasteiger charge is -2.10. The summed E-state index contributed by atoms with van der Waals surface area (Å²) in [6.45, 7) is 4.42. The van der Waals surface area contributed by atoms with Crippen LogP contribution < -0.4 is 5.69 Å². The quantitative estimate of drug-likeness (QED) is 0.857. The fourth-order valence-corrected chi connectivity index (χ4v) is 1.71. The van der Waals surface area contributed by atoms with Crippen LogP contribution in [-0.2, 0) is 6.54 Å². The Hall–Kier alpha value is -0.290. The highest BCUT2D eigenvalue weighted by molar-refractivity contribution is 9.10. The number of hydrogen-bond donors (Lipinski definition) is 1. The predicted octanol–water partition coefficient (Wildman–Crippen LogP) is 1.94. The first-order chi connectivity index (χ1) is 6.57. The van der Waals surface area contributed by atoms with Crippen LogP contribution in [0.1, 0.15) is 17.8 Å². The molecule has 3 nitrogen and oxygen atoms in total. The summed E-state index contributed by atoms with van der Waals surface area (Å²) in [6.07, 6.45) is 0.876. The Morgan fingerprint density at radius 1 is 1.50 bits per heavy atom. The summed E-state index contributed by atoms with van der Waals surface area (Å²) >= 11 is 7.53. The lowest BCUT2D eigenvalue weighted by molar-refractivity contribution is 0.614. The number of aromatic nitrogens is 2. The fraction of sp³-hybridized carbons (Fsp3) is 0.556. The molecule has 0 aliphatic carbocycles.